The van der Waals surface area contributed by atoms with Crippen LogP contribution in [0.5, 0.6) is 0 Å². The van der Waals surface area contributed by atoms with E-state index in [4.69, 9.17) is 11.6 Å². The van der Waals surface area contributed by atoms with E-state index in [1.54, 1.807) is 29.2 Å². The number of likely N-dealkylation sites (tertiary alicyclic amines) is 1. The van der Waals surface area contributed by atoms with Crippen molar-refractivity contribution in [2.75, 3.05) is 30.2 Å². The second-order valence-corrected chi connectivity index (χ2v) is 8.12. The van der Waals surface area contributed by atoms with Crippen LogP contribution in [0.25, 0.3) is 0 Å². The summed E-state index contributed by atoms with van der Waals surface area (Å²) in [6.07, 6.45) is 3.14. The summed E-state index contributed by atoms with van der Waals surface area (Å²) in [7, 11) is -3.59. The van der Waals surface area contributed by atoms with Gasteiger partial charge in [0, 0.05) is 13.1 Å². The lowest BCUT2D eigenvalue weighted by molar-refractivity contribution is -0.131. The van der Waals surface area contributed by atoms with E-state index >= 15 is 0 Å². The molecule has 7 heteroatoms. The van der Waals surface area contributed by atoms with Crippen LogP contribution in [0, 0.1) is 5.92 Å². The van der Waals surface area contributed by atoms with Crippen LogP contribution in [0.15, 0.2) is 24.3 Å². The molecule has 22 heavy (non-hydrogen) atoms. The number of sulfonamides is 1. The van der Waals surface area contributed by atoms with Crippen molar-refractivity contribution in [2.24, 2.45) is 5.92 Å². The molecule has 0 radical (unpaired) electrons. The van der Waals surface area contributed by atoms with E-state index in [1.807, 2.05) is 0 Å². The molecule has 1 aromatic rings. The number of carbonyl (C=O) groups excluding carboxylic acids is 1. The van der Waals surface area contributed by atoms with Gasteiger partial charge in [-0.1, -0.05) is 30.7 Å². The summed E-state index contributed by atoms with van der Waals surface area (Å²) in [4.78, 5) is 14.2. The number of piperidine rings is 1. The Bertz CT molecular complexity index is 648. The molecule has 0 aromatic heterocycles. The fraction of sp³-hybridized carbons (Fsp3) is 0.533. The Balaban J connectivity index is 2.21. The van der Waals surface area contributed by atoms with Crippen LogP contribution in [-0.2, 0) is 14.8 Å². The van der Waals surface area contributed by atoms with Gasteiger partial charge >= 0.3 is 0 Å². The van der Waals surface area contributed by atoms with E-state index in [-0.39, 0.29) is 12.5 Å². The van der Waals surface area contributed by atoms with Gasteiger partial charge in [-0.25, -0.2) is 8.42 Å². The van der Waals surface area contributed by atoms with Gasteiger partial charge in [-0.2, -0.15) is 0 Å². The quantitative estimate of drug-likeness (QED) is 0.842. The molecule has 1 aliphatic rings. The van der Waals surface area contributed by atoms with Gasteiger partial charge in [-0.05, 0) is 30.9 Å². The SMILES string of the molecule is C[C@@H]1CCCN(C(=O)CN(c2ccccc2Cl)S(C)(=O)=O)C1. The topological polar surface area (TPSA) is 57.7 Å². The van der Waals surface area contributed by atoms with Crippen molar-refractivity contribution in [2.45, 2.75) is 19.8 Å². The van der Waals surface area contributed by atoms with E-state index in [9.17, 15) is 13.2 Å². The molecule has 1 saturated heterocycles. The van der Waals surface area contributed by atoms with Gasteiger partial charge < -0.3 is 4.90 Å². The van der Waals surface area contributed by atoms with Gasteiger partial charge in [0.2, 0.25) is 15.9 Å². The predicted octanol–water partition coefficient (Wildman–Crippen LogP) is 2.36. The summed E-state index contributed by atoms with van der Waals surface area (Å²) in [5.74, 6) is 0.265. The molecule has 0 N–H and O–H groups in total. The third-order valence-corrected chi connectivity index (χ3v) is 5.26. The molecule has 1 heterocycles. The van der Waals surface area contributed by atoms with Crippen molar-refractivity contribution >= 4 is 33.2 Å². The highest BCUT2D eigenvalue weighted by Gasteiger charge is 2.27. The minimum absolute atomic E-state index is 0.183. The molecule has 5 nitrogen and oxygen atoms in total. The zero-order valence-electron chi connectivity index (χ0n) is 12.8. The Morgan fingerprint density at radius 3 is 2.68 bits per heavy atom. The number of halogens is 1. The van der Waals surface area contributed by atoms with Crippen molar-refractivity contribution in [3.05, 3.63) is 29.3 Å². The molecule has 0 saturated carbocycles. The summed E-state index contributed by atoms with van der Waals surface area (Å²) in [5, 5.41) is 0.313. The number of para-hydroxylation sites is 1. The van der Waals surface area contributed by atoms with Gasteiger partial charge in [0.1, 0.15) is 6.54 Å². The second kappa shape index (κ2) is 6.87. The summed E-state index contributed by atoms with van der Waals surface area (Å²) >= 11 is 6.09. The van der Waals surface area contributed by atoms with Gasteiger partial charge in [0.25, 0.3) is 0 Å². The van der Waals surface area contributed by atoms with Gasteiger partial charge in [-0.15, -0.1) is 0 Å². The number of amides is 1. The Kier molecular flexibility index (Phi) is 5.34. The standard InChI is InChI=1S/C15H21ClN2O3S/c1-12-6-5-9-17(10-12)15(19)11-18(22(2,20)21)14-8-4-3-7-13(14)16/h3-4,7-8,12H,5-6,9-11H2,1-2H3/t12-/m1/s1. The lowest BCUT2D eigenvalue weighted by Crippen LogP contribution is -2.46. The number of rotatable bonds is 4. The van der Waals surface area contributed by atoms with Gasteiger partial charge in [0.05, 0.1) is 17.0 Å². The van der Waals surface area contributed by atoms with Crippen molar-refractivity contribution in [1.82, 2.24) is 4.90 Å². The number of benzene rings is 1. The molecule has 0 aliphatic carbocycles. The smallest absolute Gasteiger partial charge is 0.243 e. The van der Waals surface area contributed by atoms with Crippen molar-refractivity contribution in [3.63, 3.8) is 0 Å². The van der Waals surface area contributed by atoms with E-state index < -0.39 is 10.0 Å². The zero-order valence-corrected chi connectivity index (χ0v) is 14.4. The fourth-order valence-electron chi connectivity index (χ4n) is 2.67. The molecule has 1 atom stereocenters. The second-order valence-electron chi connectivity index (χ2n) is 5.81. The van der Waals surface area contributed by atoms with Gasteiger partial charge in [0.15, 0.2) is 0 Å². The largest absolute Gasteiger partial charge is 0.341 e. The molecule has 122 valence electrons. The van der Waals surface area contributed by atoms with Crippen LogP contribution in [0.1, 0.15) is 19.8 Å². The first kappa shape index (κ1) is 17.1. The van der Waals surface area contributed by atoms with E-state index in [0.29, 0.717) is 29.7 Å². The van der Waals surface area contributed by atoms with Crippen LogP contribution in [-0.4, -0.2) is 45.1 Å². The Morgan fingerprint density at radius 1 is 1.41 bits per heavy atom. The van der Waals surface area contributed by atoms with Crippen molar-refractivity contribution in [1.29, 1.82) is 0 Å². The number of carbonyl (C=O) groups is 1. The summed E-state index contributed by atoms with van der Waals surface area (Å²) in [6.45, 7) is 3.25. The predicted molar refractivity (Wildman–Crippen MR) is 88.6 cm³/mol. The highest BCUT2D eigenvalue weighted by molar-refractivity contribution is 7.92. The maximum Gasteiger partial charge on any atom is 0.243 e. The van der Waals surface area contributed by atoms with Crippen LogP contribution in [0.3, 0.4) is 0 Å². The maximum atomic E-state index is 12.5. The van der Waals surface area contributed by atoms with E-state index in [1.165, 1.54) is 0 Å². The zero-order chi connectivity index (χ0) is 16.3. The molecule has 1 amide bonds. The normalized spacial score (nSPS) is 19.0. The average Bonchev–Trinajstić information content (AvgIpc) is 2.44. The van der Waals surface area contributed by atoms with Crippen molar-refractivity contribution in [3.8, 4) is 0 Å². The number of hydrogen-bond acceptors (Lipinski definition) is 3. The van der Waals surface area contributed by atoms with Gasteiger partial charge in [-0.3, -0.25) is 9.10 Å². The first-order valence-corrected chi connectivity index (χ1v) is 9.51. The van der Waals surface area contributed by atoms with E-state index in [2.05, 4.69) is 6.92 Å². The molecular formula is C15H21ClN2O3S. The number of nitrogens with zero attached hydrogens (tertiary/aromatic N) is 2. The van der Waals surface area contributed by atoms with Crippen LogP contribution in [0.4, 0.5) is 5.69 Å². The molecule has 0 bridgehead atoms. The molecule has 1 aliphatic heterocycles. The molecule has 0 spiro atoms. The third kappa shape index (κ3) is 4.14. The van der Waals surface area contributed by atoms with Crippen LogP contribution in [0.2, 0.25) is 5.02 Å². The highest BCUT2D eigenvalue weighted by atomic mass is 35.5. The third-order valence-electron chi connectivity index (χ3n) is 3.81. The Morgan fingerprint density at radius 2 is 2.09 bits per heavy atom. The van der Waals surface area contributed by atoms with Crippen LogP contribution >= 0.6 is 11.6 Å². The number of anilines is 1. The molecule has 1 fully saturated rings. The first-order chi connectivity index (χ1) is 10.3. The van der Waals surface area contributed by atoms with E-state index in [0.717, 1.165) is 23.4 Å². The van der Waals surface area contributed by atoms with Crippen molar-refractivity contribution < 1.29 is 13.2 Å². The molecular weight excluding hydrogens is 324 g/mol. The summed E-state index contributed by atoms with van der Waals surface area (Å²) in [6, 6.07) is 6.64. The monoisotopic (exact) mass is 344 g/mol. The molecule has 2 rings (SSSR count). The Labute approximate surface area is 136 Å². The Hall–Kier alpha value is -1.27. The minimum Gasteiger partial charge on any atom is -0.341 e. The first-order valence-electron chi connectivity index (χ1n) is 7.29. The molecule has 1 aromatic carbocycles. The lowest BCUT2D eigenvalue weighted by atomic mass is 10.0. The highest BCUT2D eigenvalue weighted by Crippen LogP contribution is 2.27. The summed E-state index contributed by atoms with van der Waals surface area (Å²) < 4.78 is 25.2. The maximum absolute atomic E-state index is 12.5. The minimum atomic E-state index is -3.59. The average molecular weight is 345 g/mol. The fourth-order valence-corrected chi connectivity index (χ4v) is 3.82. The molecule has 0 unspecified atom stereocenters. The lowest BCUT2D eigenvalue weighted by Gasteiger charge is -2.33. The summed E-state index contributed by atoms with van der Waals surface area (Å²) in [5.41, 5.74) is 0.338. The van der Waals surface area contributed by atoms with Crippen LogP contribution < -0.4 is 4.31 Å². The number of hydrogen-bond donors (Lipinski definition) is 0.